The van der Waals surface area contributed by atoms with E-state index in [2.05, 4.69) is 20.4 Å². The number of rotatable bonds is 5. The van der Waals surface area contributed by atoms with E-state index in [4.69, 9.17) is 0 Å². The summed E-state index contributed by atoms with van der Waals surface area (Å²) in [6.07, 6.45) is 1.73. The van der Waals surface area contributed by atoms with Gasteiger partial charge in [0.15, 0.2) is 5.78 Å². The van der Waals surface area contributed by atoms with Crippen LogP contribution in [0, 0.1) is 0 Å². The van der Waals surface area contributed by atoms with Crippen LogP contribution in [0.2, 0.25) is 0 Å². The highest BCUT2D eigenvalue weighted by atomic mass is 16.1. The molecule has 0 amide bonds. The fourth-order valence-electron chi connectivity index (χ4n) is 2.85. The molecule has 0 aliphatic carbocycles. The first-order chi connectivity index (χ1) is 12.6. The molecule has 2 aromatic carbocycles. The van der Waals surface area contributed by atoms with Gasteiger partial charge in [-0.1, -0.05) is 18.2 Å². The average Bonchev–Trinajstić information content (AvgIpc) is 3.28. The van der Waals surface area contributed by atoms with Crippen molar-refractivity contribution in [2.75, 3.05) is 19.0 Å². The Morgan fingerprint density at radius 1 is 1.12 bits per heavy atom. The Balaban J connectivity index is 1.54. The van der Waals surface area contributed by atoms with Crippen molar-refractivity contribution in [2.24, 2.45) is 0 Å². The fraction of sp³-hybridized carbons (Fsp3) is 0.158. The number of hydrogen-bond donors (Lipinski definition) is 1. The zero-order chi connectivity index (χ0) is 18.1. The first-order valence-corrected chi connectivity index (χ1v) is 8.27. The van der Waals surface area contributed by atoms with E-state index in [1.807, 2.05) is 67.5 Å². The molecule has 1 N–H and O–H groups in total. The van der Waals surface area contributed by atoms with Gasteiger partial charge in [0.25, 0.3) is 0 Å². The number of aromatic amines is 1. The number of nitrogens with zero attached hydrogens (tertiary/aromatic N) is 5. The van der Waals surface area contributed by atoms with Crippen molar-refractivity contribution in [3.05, 3.63) is 60.3 Å². The van der Waals surface area contributed by atoms with Crippen LogP contribution in [0.4, 0.5) is 5.69 Å². The van der Waals surface area contributed by atoms with Crippen molar-refractivity contribution in [1.29, 1.82) is 0 Å². The van der Waals surface area contributed by atoms with Crippen molar-refractivity contribution < 1.29 is 4.79 Å². The number of anilines is 1. The molecule has 4 rings (SSSR count). The number of nitrogens with one attached hydrogen (secondary N) is 1. The van der Waals surface area contributed by atoms with Crippen LogP contribution in [0.15, 0.2) is 54.7 Å². The van der Waals surface area contributed by atoms with Crippen LogP contribution in [0.5, 0.6) is 0 Å². The Bertz CT molecular complexity index is 1060. The van der Waals surface area contributed by atoms with Crippen LogP contribution in [0.25, 0.3) is 22.3 Å². The normalized spacial score (nSPS) is 11.0. The highest BCUT2D eigenvalue weighted by Gasteiger charge is 2.14. The Morgan fingerprint density at radius 2 is 1.88 bits per heavy atom. The third-order valence-corrected chi connectivity index (χ3v) is 4.27. The molecule has 0 saturated heterocycles. The highest BCUT2D eigenvalue weighted by molar-refractivity contribution is 6.07. The Hall–Kier alpha value is -3.48. The molecule has 4 aromatic rings. The molecule has 0 aliphatic rings. The van der Waals surface area contributed by atoms with Gasteiger partial charge in [-0.25, -0.2) is 0 Å². The number of H-pyrrole nitrogens is 1. The minimum atomic E-state index is -0.0608. The van der Waals surface area contributed by atoms with Gasteiger partial charge in [0.1, 0.15) is 6.54 Å². The lowest BCUT2D eigenvalue weighted by Crippen LogP contribution is -2.13. The summed E-state index contributed by atoms with van der Waals surface area (Å²) >= 11 is 0. The average molecular weight is 346 g/mol. The third kappa shape index (κ3) is 2.95. The Labute approximate surface area is 150 Å². The van der Waals surface area contributed by atoms with Crippen LogP contribution in [-0.4, -0.2) is 45.1 Å². The van der Waals surface area contributed by atoms with E-state index in [0.29, 0.717) is 11.4 Å². The quantitative estimate of drug-likeness (QED) is 0.562. The van der Waals surface area contributed by atoms with E-state index in [-0.39, 0.29) is 12.3 Å². The van der Waals surface area contributed by atoms with Gasteiger partial charge in [-0.15, -0.1) is 10.2 Å². The van der Waals surface area contributed by atoms with Gasteiger partial charge >= 0.3 is 0 Å². The van der Waals surface area contributed by atoms with Crippen LogP contribution in [0.3, 0.4) is 0 Å². The van der Waals surface area contributed by atoms with Crippen LogP contribution < -0.4 is 4.90 Å². The Morgan fingerprint density at radius 3 is 2.65 bits per heavy atom. The number of Topliss-reactive ketones (excluding diaryl/α,β-unsaturated/α-hetero) is 1. The first-order valence-electron chi connectivity index (χ1n) is 8.27. The predicted molar refractivity (Wildman–Crippen MR) is 100 cm³/mol. The smallest absolute Gasteiger partial charge is 0.204 e. The lowest BCUT2D eigenvalue weighted by atomic mass is 10.1. The number of carbonyl (C=O) groups excluding carboxylic acids is 1. The van der Waals surface area contributed by atoms with Crippen molar-refractivity contribution in [2.45, 2.75) is 6.54 Å². The zero-order valence-corrected chi connectivity index (χ0v) is 14.5. The van der Waals surface area contributed by atoms with Gasteiger partial charge < -0.3 is 9.88 Å². The summed E-state index contributed by atoms with van der Waals surface area (Å²) in [5.74, 6) is 0.441. The second kappa shape index (κ2) is 6.44. The van der Waals surface area contributed by atoms with Crippen molar-refractivity contribution >= 4 is 22.4 Å². The molecule has 2 heterocycles. The number of carbonyl (C=O) groups is 1. The highest BCUT2D eigenvalue weighted by Crippen LogP contribution is 2.20. The molecule has 0 aliphatic heterocycles. The standard InChI is InChI=1S/C19H18N6O/c1-24(2)14-9-7-13(8-10-14)19-21-23-25(22-19)12-18(26)16-11-20-17-6-4-3-5-15(16)17/h3-11,20H,12H2,1-2H3. The number of ketones is 1. The molecule has 0 unspecified atom stereocenters. The minimum Gasteiger partial charge on any atom is -0.378 e. The van der Waals surface area contributed by atoms with Gasteiger partial charge in [0, 0.05) is 48.0 Å². The maximum Gasteiger partial charge on any atom is 0.204 e. The van der Waals surface area contributed by atoms with Crippen LogP contribution in [0.1, 0.15) is 10.4 Å². The number of tetrazole rings is 1. The predicted octanol–water partition coefficient (Wildman–Crippen LogP) is 2.77. The van der Waals surface area contributed by atoms with Crippen molar-refractivity contribution in [3.63, 3.8) is 0 Å². The van der Waals surface area contributed by atoms with Crippen molar-refractivity contribution in [1.82, 2.24) is 25.2 Å². The number of benzene rings is 2. The number of hydrogen-bond acceptors (Lipinski definition) is 5. The second-order valence-corrected chi connectivity index (χ2v) is 6.26. The summed E-state index contributed by atoms with van der Waals surface area (Å²) in [4.78, 5) is 19.1. The molecule has 130 valence electrons. The summed E-state index contributed by atoms with van der Waals surface area (Å²) < 4.78 is 0. The first kappa shape index (κ1) is 16.0. The second-order valence-electron chi connectivity index (χ2n) is 6.26. The summed E-state index contributed by atoms with van der Waals surface area (Å²) in [6, 6.07) is 15.6. The minimum absolute atomic E-state index is 0.0463. The number of aromatic nitrogens is 5. The molecule has 0 bridgehead atoms. The van der Waals surface area contributed by atoms with E-state index in [0.717, 1.165) is 22.2 Å². The zero-order valence-electron chi connectivity index (χ0n) is 14.5. The van der Waals surface area contributed by atoms with Crippen LogP contribution in [-0.2, 0) is 6.54 Å². The molecule has 26 heavy (non-hydrogen) atoms. The monoisotopic (exact) mass is 346 g/mol. The number of para-hydroxylation sites is 1. The summed E-state index contributed by atoms with van der Waals surface area (Å²) in [5.41, 5.74) is 3.52. The summed E-state index contributed by atoms with van der Waals surface area (Å²) in [5, 5.41) is 13.3. The molecular weight excluding hydrogens is 328 g/mol. The molecule has 7 heteroatoms. The van der Waals surface area contributed by atoms with Gasteiger partial charge in [0.05, 0.1) is 0 Å². The van der Waals surface area contributed by atoms with Gasteiger partial charge in [0.2, 0.25) is 5.82 Å². The van der Waals surface area contributed by atoms with Gasteiger partial charge in [-0.2, -0.15) is 4.80 Å². The SMILES string of the molecule is CN(C)c1ccc(-c2nnn(CC(=O)c3c[nH]c4ccccc34)n2)cc1. The molecule has 0 atom stereocenters. The molecule has 0 spiro atoms. The molecule has 2 aromatic heterocycles. The molecular formula is C19H18N6O. The molecule has 0 radical (unpaired) electrons. The van der Waals surface area contributed by atoms with E-state index >= 15 is 0 Å². The third-order valence-electron chi connectivity index (χ3n) is 4.27. The van der Waals surface area contributed by atoms with Gasteiger partial charge in [-0.05, 0) is 35.5 Å². The summed E-state index contributed by atoms with van der Waals surface area (Å²) in [6.45, 7) is 0.0463. The lowest BCUT2D eigenvalue weighted by molar-refractivity contribution is 0.0963. The topological polar surface area (TPSA) is 79.7 Å². The lowest BCUT2D eigenvalue weighted by Gasteiger charge is -2.11. The molecule has 7 nitrogen and oxygen atoms in total. The number of fused-ring (bicyclic) bond motifs is 1. The van der Waals surface area contributed by atoms with Crippen LogP contribution >= 0.6 is 0 Å². The summed E-state index contributed by atoms with van der Waals surface area (Å²) in [7, 11) is 3.97. The molecule has 0 fully saturated rings. The van der Waals surface area contributed by atoms with E-state index in [1.54, 1.807) is 6.20 Å². The van der Waals surface area contributed by atoms with Crippen molar-refractivity contribution in [3.8, 4) is 11.4 Å². The maximum absolute atomic E-state index is 12.6. The van der Waals surface area contributed by atoms with Gasteiger partial charge in [-0.3, -0.25) is 4.79 Å². The van der Waals surface area contributed by atoms with E-state index in [1.165, 1.54) is 4.80 Å². The van der Waals surface area contributed by atoms with E-state index in [9.17, 15) is 4.79 Å². The Kier molecular flexibility index (Phi) is 3.96. The largest absolute Gasteiger partial charge is 0.378 e. The maximum atomic E-state index is 12.6. The fourth-order valence-corrected chi connectivity index (χ4v) is 2.85. The molecule has 0 saturated carbocycles. The van der Waals surface area contributed by atoms with E-state index < -0.39 is 0 Å².